The van der Waals surface area contributed by atoms with Gasteiger partial charge < -0.3 is 9.88 Å². The first kappa shape index (κ1) is 11.0. The Balaban J connectivity index is 2.14. The van der Waals surface area contributed by atoms with E-state index in [0.29, 0.717) is 6.54 Å². The van der Waals surface area contributed by atoms with Crippen LogP contribution in [0, 0.1) is 0 Å². The van der Waals surface area contributed by atoms with Crippen molar-refractivity contribution >= 4 is 43.8 Å². The van der Waals surface area contributed by atoms with Crippen LogP contribution in [-0.2, 0) is 6.54 Å². The van der Waals surface area contributed by atoms with E-state index in [1.807, 2.05) is 25.2 Å². The average Bonchev–Trinajstić information content (AvgIpc) is 2.88. The number of nitrogens with one attached hydrogen (secondary N) is 1. The number of amides is 1. The molecule has 0 aliphatic carbocycles. The normalized spacial score (nSPS) is 14.6. The molecule has 4 rings (SSSR count). The Kier molecular flexibility index (Phi) is 2.07. The number of benzene rings is 1. The van der Waals surface area contributed by atoms with Crippen molar-refractivity contribution in [2.45, 2.75) is 6.54 Å². The molecule has 1 amide bonds. The van der Waals surface area contributed by atoms with E-state index in [4.69, 9.17) is 0 Å². The van der Waals surface area contributed by atoms with Crippen LogP contribution in [0.5, 0.6) is 0 Å². The molecule has 1 N–H and O–H groups in total. The number of halogens is 1. The largest absolute Gasteiger partial charge is 0.353 e. The van der Waals surface area contributed by atoms with Gasteiger partial charge in [-0.05, 0) is 34.1 Å². The lowest BCUT2D eigenvalue weighted by Crippen LogP contribution is -2.17. The molecule has 0 atom stereocenters. The first-order chi connectivity index (χ1) is 9.15. The van der Waals surface area contributed by atoms with E-state index in [1.54, 1.807) is 11.1 Å². The van der Waals surface area contributed by atoms with Crippen molar-refractivity contribution < 1.29 is 4.79 Å². The van der Waals surface area contributed by atoms with Crippen molar-refractivity contribution in [3.8, 4) is 0 Å². The molecule has 19 heavy (non-hydrogen) atoms. The summed E-state index contributed by atoms with van der Waals surface area (Å²) >= 11 is 3.43. The second kappa shape index (κ2) is 3.57. The molecule has 0 saturated carbocycles. The Hall–Kier alpha value is -1.88. The number of nitrogens with zero attached hydrogens (tertiary/aromatic N) is 2. The van der Waals surface area contributed by atoms with Gasteiger partial charge in [0.2, 0.25) is 0 Å². The molecule has 1 aromatic carbocycles. The summed E-state index contributed by atoms with van der Waals surface area (Å²) in [6.07, 6.45) is 1.79. The Bertz CT molecular complexity index is 853. The maximum absolute atomic E-state index is 12.0. The molecule has 0 radical (unpaired) electrons. The zero-order valence-corrected chi connectivity index (χ0v) is 11.8. The van der Waals surface area contributed by atoms with Crippen LogP contribution in [0.25, 0.3) is 21.9 Å². The molecule has 0 unspecified atom stereocenters. The van der Waals surface area contributed by atoms with Gasteiger partial charge in [-0.1, -0.05) is 0 Å². The number of fused-ring (bicyclic) bond motifs is 5. The zero-order valence-electron chi connectivity index (χ0n) is 10.2. The van der Waals surface area contributed by atoms with Gasteiger partial charge in [0.15, 0.2) is 0 Å². The fraction of sp³-hybridized carbons (Fsp3) is 0.143. The van der Waals surface area contributed by atoms with Crippen LogP contribution in [-0.4, -0.2) is 27.8 Å². The molecule has 94 valence electrons. The smallest absolute Gasteiger partial charge is 0.254 e. The Labute approximate surface area is 117 Å². The number of hydrogen-bond acceptors (Lipinski definition) is 2. The predicted octanol–water partition coefficient (Wildman–Crippen LogP) is 3.06. The van der Waals surface area contributed by atoms with Crippen LogP contribution in [0.2, 0.25) is 0 Å². The molecule has 0 fully saturated rings. The highest BCUT2D eigenvalue weighted by molar-refractivity contribution is 9.10. The zero-order chi connectivity index (χ0) is 13.1. The summed E-state index contributed by atoms with van der Waals surface area (Å²) in [5.74, 6) is 0.0877. The van der Waals surface area contributed by atoms with Crippen molar-refractivity contribution in [1.29, 1.82) is 0 Å². The standard InChI is InChI=1S/C14H10BrN3O/c1-18-6-10-8(14(18)19)2-3-9-12(10)17-11-4-7(15)5-16-13(9)11/h2-5,17H,6H2,1H3. The van der Waals surface area contributed by atoms with Crippen molar-refractivity contribution in [3.63, 3.8) is 0 Å². The van der Waals surface area contributed by atoms with E-state index in [-0.39, 0.29) is 5.91 Å². The minimum Gasteiger partial charge on any atom is -0.353 e. The Morgan fingerprint density at radius 1 is 1.42 bits per heavy atom. The highest BCUT2D eigenvalue weighted by atomic mass is 79.9. The summed E-state index contributed by atoms with van der Waals surface area (Å²) in [5, 5.41) is 1.07. The molecule has 1 aliphatic rings. The van der Waals surface area contributed by atoms with Gasteiger partial charge in [0.1, 0.15) is 0 Å². The second-order valence-electron chi connectivity index (χ2n) is 4.85. The van der Waals surface area contributed by atoms with Gasteiger partial charge in [-0.15, -0.1) is 0 Å². The summed E-state index contributed by atoms with van der Waals surface area (Å²) in [4.78, 5) is 21.6. The first-order valence-electron chi connectivity index (χ1n) is 5.99. The topological polar surface area (TPSA) is 49.0 Å². The molecule has 3 heterocycles. The SMILES string of the molecule is CN1Cc2c(ccc3c2[nH]c2cc(Br)cnc23)C1=O. The third-order valence-corrected chi connectivity index (χ3v) is 4.09. The predicted molar refractivity (Wildman–Crippen MR) is 77.1 cm³/mol. The van der Waals surface area contributed by atoms with Crippen LogP contribution in [0.15, 0.2) is 28.9 Å². The fourth-order valence-electron chi connectivity index (χ4n) is 2.75. The molecule has 0 bridgehead atoms. The van der Waals surface area contributed by atoms with E-state index < -0.39 is 0 Å². The lowest BCUT2D eigenvalue weighted by atomic mass is 10.1. The Morgan fingerprint density at radius 3 is 3.11 bits per heavy atom. The van der Waals surface area contributed by atoms with Gasteiger partial charge in [-0.3, -0.25) is 9.78 Å². The van der Waals surface area contributed by atoms with E-state index in [2.05, 4.69) is 25.9 Å². The van der Waals surface area contributed by atoms with Crippen molar-refractivity contribution in [2.75, 3.05) is 7.05 Å². The summed E-state index contributed by atoms with van der Waals surface area (Å²) in [7, 11) is 1.83. The van der Waals surface area contributed by atoms with Gasteiger partial charge in [-0.25, -0.2) is 0 Å². The lowest BCUT2D eigenvalue weighted by Gasteiger charge is -2.04. The molecule has 0 spiro atoms. The maximum atomic E-state index is 12.0. The number of H-pyrrole nitrogens is 1. The molecule has 5 heteroatoms. The molecular weight excluding hydrogens is 306 g/mol. The molecule has 2 aromatic heterocycles. The van der Waals surface area contributed by atoms with Crippen LogP contribution in [0.1, 0.15) is 15.9 Å². The van der Waals surface area contributed by atoms with Gasteiger partial charge in [0.25, 0.3) is 5.91 Å². The van der Waals surface area contributed by atoms with E-state index in [0.717, 1.165) is 37.5 Å². The number of rotatable bonds is 0. The lowest BCUT2D eigenvalue weighted by molar-refractivity contribution is 0.0816. The minimum atomic E-state index is 0.0877. The molecule has 4 nitrogen and oxygen atoms in total. The third kappa shape index (κ3) is 1.39. The number of aromatic nitrogens is 2. The Morgan fingerprint density at radius 2 is 2.26 bits per heavy atom. The monoisotopic (exact) mass is 315 g/mol. The van der Waals surface area contributed by atoms with Crippen molar-refractivity contribution in [3.05, 3.63) is 40.0 Å². The van der Waals surface area contributed by atoms with E-state index >= 15 is 0 Å². The second-order valence-corrected chi connectivity index (χ2v) is 5.77. The average molecular weight is 316 g/mol. The quantitative estimate of drug-likeness (QED) is 0.693. The minimum absolute atomic E-state index is 0.0877. The fourth-order valence-corrected chi connectivity index (χ4v) is 3.08. The van der Waals surface area contributed by atoms with E-state index in [1.165, 1.54) is 0 Å². The highest BCUT2D eigenvalue weighted by Crippen LogP contribution is 2.33. The van der Waals surface area contributed by atoms with Crippen LogP contribution < -0.4 is 0 Å². The first-order valence-corrected chi connectivity index (χ1v) is 6.79. The number of carbonyl (C=O) groups excluding carboxylic acids is 1. The number of hydrogen-bond donors (Lipinski definition) is 1. The van der Waals surface area contributed by atoms with Gasteiger partial charge in [0.05, 0.1) is 16.6 Å². The van der Waals surface area contributed by atoms with Gasteiger partial charge in [0, 0.05) is 40.8 Å². The third-order valence-electron chi connectivity index (χ3n) is 3.65. The molecular formula is C14H10BrN3O. The van der Waals surface area contributed by atoms with E-state index in [9.17, 15) is 4.79 Å². The maximum Gasteiger partial charge on any atom is 0.254 e. The van der Waals surface area contributed by atoms with Crippen LogP contribution in [0.4, 0.5) is 0 Å². The van der Waals surface area contributed by atoms with Gasteiger partial charge in [-0.2, -0.15) is 0 Å². The van der Waals surface area contributed by atoms with Crippen molar-refractivity contribution in [1.82, 2.24) is 14.9 Å². The van der Waals surface area contributed by atoms with Gasteiger partial charge >= 0.3 is 0 Å². The summed E-state index contributed by atoms with van der Waals surface area (Å²) < 4.78 is 0.941. The molecule has 0 saturated heterocycles. The molecule has 1 aliphatic heterocycles. The number of carbonyl (C=O) groups is 1. The highest BCUT2D eigenvalue weighted by Gasteiger charge is 2.27. The summed E-state index contributed by atoms with van der Waals surface area (Å²) in [6, 6.07) is 5.89. The summed E-state index contributed by atoms with van der Waals surface area (Å²) in [5.41, 5.74) is 4.82. The summed E-state index contributed by atoms with van der Waals surface area (Å²) in [6.45, 7) is 0.652. The molecule has 3 aromatic rings. The number of pyridine rings is 1. The number of aromatic amines is 1. The van der Waals surface area contributed by atoms with Crippen LogP contribution >= 0.6 is 15.9 Å². The van der Waals surface area contributed by atoms with Crippen LogP contribution in [0.3, 0.4) is 0 Å². The van der Waals surface area contributed by atoms with Crippen molar-refractivity contribution in [2.24, 2.45) is 0 Å².